The van der Waals surface area contributed by atoms with Gasteiger partial charge in [0.05, 0.1) is 19.3 Å². The number of nitrogens with one attached hydrogen (secondary N) is 2. The monoisotopic (exact) mass is 264 g/mol. The Morgan fingerprint density at radius 2 is 2.21 bits per heavy atom. The minimum absolute atomic E-state index is 0.363. The van der Waals surface area contributed by atoms with Crippen molar-refractivity contribution in [3.63, 3.8) is 0 Å². The summed E-state index contributed by atoms with van der Waals surface area (Å²) in [6, 6.07) is 8.26. The van der Waals surface area contributed by atoms with E-state index in [1.54, 1.807) is 0 Å². The molecule has 1 unspecified atom stereocenters. The fourth-order valence-electron chi connectivity index (χ4n) is 2.17. The molecule has 0 radical (unpaired) electrons. The van der Waals surface area contributed by atoms with Gasteiger partial charge in [-0.15, -0.1) is 0 Å². The minimum Gasteiger partial charge on any atom is -0.494 e. The van der Waals surface area contributed by atoms with Crippen molar-refractivity contribution < 1.29 is 9.47 Å². The number of benzene rings is 1. The highest BCUT2D eigenvalue weighted by atomic mass is 16.5. The molecule has 0 aromatic heterocycles. The maximum atomic E-state index is 5.65. The normalized spacial score (nSPS) is 19.3. The third-order valence-electron chi connectivity index (χ3n) is 3.21. The Morgan fingerprint density at radius 3 is 2.89 bits per heavy atom. The van der Waals surface area contributed by atoms with Crippen molar-refractivity contribution in [2.45, 2.75) is 26.0 Å². The third-order valence-corrected chi connectivity index (χ3v) is 3.21. The van der Waals surface area contributed by atoms with Crippen molar-refractivity contribution >= 4 is 0 Å². The van der Waals surface area contributed by atoms with Crippen LogP contribution >= 0.6 is 0 Å². The lowest BCUT2D eigenvalue weighted by Crippen LogP contribution is -2.39. The Kier molecular flexibility index (Phi) is 6.14. The van der Waals surface area contributed by atoms with E-state index in [9.17, 15) is 0 Å². The summed E-state index contributed by atoms with van der Waals surface area (Å²) >= 11 is 0. The summed E-state index contributed by atoms with van der Waals surface area (Å²) in [6.07, 6.45) is 1.42. The number of rotatable bonds is 7. The summed E-state index contributed by atoms with van der Waals surface area (Å²) in [4.78, 5) is 0. The van der Waals surface area contributed by atoms with Crippen LogP contribution < -0.4 is 15.4 Å². The zero-order valence-electron chi connectivity index (χ0n) is 11.7. The van der Waals surface area contributed by atoms with Crippen molar-refractivity contribution in [1.82, 2.24) is 10.6 Å². The van der Waals surface area contributed by atoms with Gasteiger partial charge in [0.1, 0.15) is 5.75 Å². The van der Waals surface area contributed by atoms with Crippen molar-refractivity contribution in [3.8, 4) is 5.75 Å². The molecule has 0 aliphatic carbocycles. The quantitative estimate of drug-likeness (QED) is 0.733. The van der Waals surface area contributed by atoms with Gasteiger partial charge in [0.2, 0.25) is 0 Å². The molecule has 0 bridgehead atoms. The van der Waals surface area contributed by atoms with Gasteiger partial charge >= 0.3 is 0 Å². The largest absolute Gasteiger partial charge is 0.494 e. The van der Waals surface area contributed by atoms with Gasteiger partial charge in [0.25, 0.3) is 0 Å². The van der Waals surface area contributed by atoms with Gasteiger partial charge in [-0.3, -0.25) is 0 Å². The van der Waals surface area contributed by atoms with Gasteiger partial charge in [0, 0.05) is 19.6 Å². The van der Waals surface area contributed by atoms with Crippen LogP contribution in [-0.2, 0) is 11.3 Å². The number of hydrogen-bond donors (Lipinski definition) is 2. The van der Waals surface area contributed by atoms with Crippen molar-refractivity contribution in [1.29, 1.82) is 0 Å². The highest BCUT2D eigenvalue weighted by Crippen LogP contribution is 2.11. The van der Waals surface area contributed by atoms with Crippen LogP contribution in [0, 0.1) is 0 Å². The van der Waals surface area contributed by atoms with Crippen LogP contribution in [0.5, 0.6) is 5.75 Å². The van der Waals surface area contributed by atoms with E-state index in [2.05, 4.69) is 22.8 Å². The molecule has 0 amide bonds. The maximum absolute atomic E-state index is 5.65. The predicted molar refractivity (Wildman–Crippen MR) is 76.5 cm³/mol. The van der Waals surface area contributed by atoms with Crippen LogP contribution in [0.1, 0.15) is 18.9 Å². The van der Waals surface area contributed by atoms with Gasteiger partial charge in [-0.05, 0) is 37.6 Å². The Morgan fingerprint density at radius 1 is 1.37 bits per heavy atom. The lowest BCUT2D eigenvalue weighted by molar-refractivity contribution is 0.0238. The molecule has 0 saturated carbocycles. The topological polar surface area (TPSA) is 42.5 Å². The molecule has 1 heterocycles. The number of morpholine rings is 1. The van der Waals surface area contributed by atoms with E-state index in [0.29, 0.717) is 12.7 Å². The molecule has 1 aliphatic rings. The second-order valence-corrected chi connectivity index (χ2v) is 4.74. The SMILES string of the molecule is CCOc1ccc(CNCCC2CNCCO2)cc1. The molecule has 106 valence electrons. The van der Waals surface area contributed by atoms with E-state index in [-0.39, 0.29) is 0 Å². The second kappa shape index (κ2) is 8.15. The van der Waals surface area contributed by atoms with Gasteiger partial charge < -0.3 is 20.1 Å². The summed E-state index contributed by atoms with van der Waals surface area (Å²) < 4.78 is 11.1. The summed E-state index contributed by atoms with van der Waals surface area (Å²) in [6.45, 7) is 7.39. The van der Waals surface area contributed by atoms with Crippen molar-refractivity contribution in [2.75, 3.05) is 32.8 Å². The molecule has 0 spiro atoms. The fourth-order valence-corrected chi connectivity index (χ4v) is 2.17. The first-order valence-electron chi connectivity index (χ1n) is 7.13. The van der Waals surface area contributed by atoms with E-state index < -0.39 is 0 Å². The van der Waals surface area contributed by atoms with Crippen LogP contribution in [-0.4, -0.2) is 39.0 Å². The predicted octanol–water partition coefficient (Wildman–Crippen LogP) is 1.55. The third kappa shape index (κ3) is 5.19. The highest BCUT2D eigenvalue weighted by Gasteiger charge is 2.11. The van der Waals surface area contributed by atoms with E-state index >= 15 is 0 Å². The maximum Gasteiger partial charge on any atom is 0.119 e. The average Bonchev–Trinajstić information content (AvgIpc) is 2.47. The van der Waals surface area contributed by atoms with Gasteiger partial charge in [0.15, 0.2) is 0 Å². The first-order valence-corrected chi connectivity index (χ1v) is 7.13. The Balaban J connectivity index is 1.62. The van der Waals surface area contributed by atoms with E-state index in [1.165, 1.54) is 5.56 Å². The molecule has 2 N–H and O–H groups in total. The van der Waals surface area contributed by atoms with Crippen LogP contribution in [0.4, 0.5) is 0 Å². The molecule has 19 heavy (non-hydrogen) atoms. The lowest BCUT2D eigenvalue weighted by Gasteiger charge is -2.23. The number of hydrogen-bond acceptors (Lipinski definition) is 4. The Labute approximate surface area is 115 Å². The molecule has 1 aromatic carbocycles. The molecular weight excluding hydrogens is 240 g/mol. The molecule has 4 nitrogen and oxygen atoms in total. The molecule has 1 aromatic rings. The zero-order valence-corrected chi connectivity index (χ0v) is 11.7. The first kappa shape index (κ1) is 14.3. The van der Waals surface area contributed by atoms with Gasteiger partial charge in [-0.2, -0.15) is 0 Å². The van der Waals surface area contributed by atoms with E-state index in [4.69, 9.17) is 9.47 Å². The minimum atomic E-state index is 0.363. The van der Waals surface area contributed by atoms with Crippen molar-refractivity contribution in [3.05, 3.63) is 29.8 Å². The van der Waals surface area contributed by atoms with Crippen LogP contribution in [0.2, 0.25) is 0 Å². The van der Waals surface area contributed by atoms with Gasteiger partial charge in [-0.1, -0.05) is 12.1 Å². The molecule has 4 heteroatoms. The van der Waals surface area contributed by atoms with Crippen LogP contribution in [0.15, 0.2) is 24.3 Å². The molecule has 1 saturated heterocycles. The summed E-state index contributed by atoms with van der Waals surface area (Å²) in [5.41, 5.74) is 1.28. The standard InChI is InChI=1S/C15H24N2O2/c1-2-18-14-5-3-13(4-6-14)11-16-8-7-15-12-17-9-10-19-15/h3-6,15-17H,2,7-12H2,1H3. The molecule has 2 rings (SSSR count). The zero-order chi connectivity index (χ0) is 13.3. The van der Waals surface area contributed by atoms with Crippen LogP contribution in [0.25, 0.3) is 0 Å². The van der Waals surface area contributed by atoms with Crippen molar-refractivity contribution in [2.24, 2.45) is 0 Å². The van der Waals surface area contributed by atoms with E-state index in [0.717, 1.165) is 45.0 Å². The molecule has 1 aliphatic heterocycles. The highest BCUT2D eigenvalue weighted by molar-refractivity contribution is 5.27. The van der Waals surface area contributed by atoms with Gasteiger partial charge in [-0.25, -0.2) is 0 Å². The average molecular weight is 264 g/mol. The molecule has 1 fully saturated rings. The number of ether oxygens (including phenoxy) is 2. The van der Waals surface area contributed by atoms with E-state index in [1.807, 2.05) is 19.1 Å². The summed E-state index contributed by atoms with van der Waals surface area (Å²) in [7, 11) is 0. The lowest BCUT2D eigenvalue weighted by atomic mass is 10.2. The smallest absolute Gasteiger partial charge is 0.119 e. The summed E-state index contributed by atoms with van der Waals surface area (Å²) in [5.74, 6) is 0.938. The molecule has 1 atom stereocenters. The molecular formula is C15H24N2O2. The summed E-state index contributed by atoms with van der Waals surface area (Å²) in [5, 5.41) is 6.80. The fraction of sp³-hybridized carbons (Fsp3) is 0.600. The Bertz CT molecular complexity index is 348. The Hall–Kier alpha value is -1.10. The van der Waals surface area contributed by atoms with Crippen LogP contribution in [0.3, 0.4) is 0 Å². The first-order chi connectivity index (χ1) is 9.38. The second-order valence-electron chi connectivity index (χ2n) is 4.74.